The maximum absolute atomic E-state index is 12.3. The van der Waals surface area contributed by atoms with Crippen molar-refractivity contribution in [3.8, 4) is 0 Å². The lowest BCUT2D eigenvalue weighted by Crippen LogP contribution is -2.23. The molecule has 0 aromatic carbocycles. The molecule has 0 spiro atoms. The molecule has 2 aromatic rings. The van der Waals surface area contributed by atoms with E-state index >= 15 is 0 Å². The van der Waals surface area contributed by atoms with Crippen LogP contribution in [0.4, 0.5) is 0 Å². The number of aromatic amines is 1. The Morgan fingerprint density at radius 3 is 2.81 bits per heavy atom. The second-order valence-corrected chi connectivity index (χ2v) is 6.52. The highest BCUT2D eigenvalue weighted by molar-refractivity contribution is 7.89. The Labute approximate surface area is 124 Å². The Balaban J connectivity index is 2.16. The van der Waals surface area contributed by atoms with Crippen LogP contribution >= 0.6 is 0 Å². The quantitative estimate of drug-likeness (QED) is 0.673. The molecule has 0 saturated carbocycles. The minimum atomic E-state index is -3.53. The molecule has 0 unspecified atom stereocenters. The lowest BCUT2D eigenvalue weighted by atomic mass is 10.4. The fourth-order valence-electron chi connectivity index (χ4n) is 2.09. The summed E-state index contributed by atoms with van der Waals surface area (Å²) >= 11 is 0. The van der Waals surface area contributed by atoms with E-state index in [1.807, 2.05) is 11.6 Å². The summed E-state index contributed by atoms with van der Waals surface area (Å²) in [5.41, 5.74) is 0.956. The summed E-state index contributed by atoms with van der Waals surface area (Å²) in [4.78, 5) is 7.15. The number of nitrogens with one attached hydrogen (secondary N) is 3. The molecule has 0 aliphatic heterocycles. The molecule has 21 heavy (non-hydrogen) atoms. The zero-order valence-corrected chi connectivity index (χ0v) is 13.1. The second-order valence-electron chi connectivity index (χ2n) is 4.75. The third-order valence-electron chi connectivity index (χ3n) is 3.08. The zero-order chi connectivity index (χ0) is 15.3. The molecule has 0 aliphatic carbocycles. The Kier molecular flexibility index (Phi) is 5.16. The Morgan fingerprint density at radius 2 is 2.19 bits per heavy atom. The Hall–Kier alpha value is -1.64. The van der Waals surface area contributed by atoms with Gasteiger partial charge in [-0.05, 0) is 19.5 Å². The van der Waals surface area contributed by atoms with Gasteiger partial charge in [0.15, 0.2) is 0 Å². The maximum atomic E-state index is 12.3. The monoisotopic (exact) mass is 311 g/mol. The van der Waals surface area contributed by atoms with E-state index in [9.17, 15) is 8.42 Å². The number of rotatable bonds is 8. The molecule has 3 N–H and O–H groups in total. The highest BCUT2D eigenvalue weighted by Gasteiger charge is 2.18. The van der Waals surface area contributed by atoms with E-state index < -0.39 is 10.0 Å². The number of H-pyrrole nitrogens is 1. The number of hydrogen-bond donors (Lipinski definition) is 3. The standard InChI is InChI=1S/C13H21N5O2S/c1-3-6-18-10-12(7-11(18)8-14-2)21(19,20)17-9-13-15-4-5-16-13/h4-5,7,10,14,17H,3,6,8-9H2,1-2H3,(H,15,16). The van der Waals surface area contributed by atoms with Gasteiger partial charge in [0, 0.05) is 37.4 Å². The summed E-state index contributed by atoms with van der Waals surface area (Å²) < 4.78 is 29.1. The number of nitrogens with zero attached hydrogens (tertiary/aromatic N) is 2. The topological polar surface area (TPSA) is 91.8 Å². The van der Waals surface area contributed by atoms with Crippen LogP contribution in [0.25, 0.3) is 0 Å². The van der Waals surface area contributed by atoms with Gasteiger partial charge in [0.25, 0.3) is 0 Å². The van der Waals surface area contributed by atoms with Crippen LogP contribution in [-0.4, -0.2) is 30.0 Å². The molecule has 2 heterocycles. The maximum Gasteiger partial charge on any atom is 0.242 e. The van der Waals surface area contributed by atoms with Crippen molar-refractivity contribution in [2.75, 3.05) is 7.05 Å². The SMILES string of the molecule is CCCn1cc(S(=O)(=O)NCc2ncc[nH]2)cc1CNC. The first-order valence-corrected chi connectivity index (χ1v) is 8.36. The van der Waals surface area contributed by atoms with Gasteiger partial charge in [-0.25, -0.2) is 18.1 Å². The van der Waals surface area contributed by atoms with E-state index in [-0.39, 0.29) is 11.4 Å². The lowest BCUT2D eigenvalue weighted by Gasteiger charge is -2.06. The smallest absolute Gasteiger partial charge is 0.242 e. The minimum Gasteiger partial charge on any atom is -0.349 e. The average Bonchev–Trinajstić information content (AvgIpc) is 3.08. The summed E-state index contributed by atoms with van der Waals surface area (Å²) in [5, 5.41) is 3.05. The van der Waals surface area contributed by atoms with Crippen molar-refractivity contribution < 1.29 is 8.42 Å². The van der Waals surface area contributed by atoms with E-state index in [0.29, 0.717) is 12.4 Å². The molecule has 0 saturated heterocycles. The third-order valence-corrected chi connectivity index (χ3v) is 4.45. The molecular formula is C13H21N5O2S. The largest absolute Gasteiger partial charge is 0.349 e. The zero-order valence-electron chi connectivity index (χ0n) is 12.3. The van der Waals surface area contributed by atoms with Gasteiger partial charge in [-0.3, -0.25) is 0 Å². The van der Waals surface area contributed by atoms with Crippen LogP contribution in [0.5, 0.6) is 0 Å². The molecule has 0 aliphatic rings. The highest BCUT2D eigenvalue weighted by atomic mass is 32.2. The van der Waals surface area contributed by atoms with Gasteiger partial charge >= 0.3 is 0 Å². The van der Waals surface area contributed by atoms with Crippen molar-refractivity contribution in [3.05, 3.63) is 36.2 Å². The van der Waals surface area contributed by atoms with E-state index in [4.69, 9.17) is 0 Å². The first kappa shape index (κ1) is 15.7. The fourth-order valence-corrected chi connectivity index (χ4v) is 3.14. The number of hydrogen-bond acceptors (Lipinski definition) is 4. The number of aromatic nitrogens is 3. The van der Waals surface area contributed by atoms with Crippen molar-refractivity contribution >= 4 is 10.0 Å². The van der Waals surface area contributed by atoms with Gasteiger partial charge in [-0.2, -0.15) is 0 Å². The van der Waals surface area contributed by atoms with Gasteiger partial charge in [-0.15, -0.1) is 0 Å². The van der Waals surface area contributed by atoms with Crippen LogP contribution in [-0.2, 0) is 29.7 Å². The van der Waals surface area contributed by atoms with Crippen molar-refractivity contribution in [3.63, 3.8) is 0 Å². The first-order chi connectivity index (χ1) is 10.1. The Bertz CT molecular complexity index is 637. The van der Waals surface area contributed by atoms with Crippen LogP contribution in [0.2, 0.25) is 0 Å². The van der Waals surface area contributed by atoms with Crippen LogP contribution < -0.4 is 10.0 Å². The molecule has 8 heteroatoms. The van der Waals surface area contributed by atoms with E-state index in [1.54, 1.807) is 24.7 Å². The average molecular weight is 311 g/mol. The first-order valence-electron chi connectivity index (χ1n) is 6.88. The van der Waals surface area contributed by atoms with Gasteiger partial charge in [0.05, 0.1) is 11.4 Å². The van der Waals surface area contributed by atoms with Gasteiger partial charge in [-0.1, -0.05) is 6.92 Å². The van der Waals surface area contributed by atoms with Crippen LogP contribution in [0.3, 0.4) is 0 Å². The predicted octanol–water partition coefficient (Wildman–Crippen LogP) is 0.819. The molecule has 2 aromatic heterocycles. The summed E-state index contributed by atoms with van der Waals surface area (Å²) in [6, 6.07) is 1.70. The van der Waals surface area contributed by atoms with Gasteiger partial charge in [0.2, 0.25) is 10.0 Å². The number of aryl methyl sites for hydroxylation is 1. The molecule has 0 fully saturated rings. The van der Waals surface area contributed by atoms with E-state index in [0.717, 1.165) is 18.7 Å². The number of imidazole rings is 1. The molecule has 2 rings (SSSR count). The highest BCUT2D eigenvalue weighted by Crippen LogP contribution is 2.15. The summed E-state index contributed by atoms with van der Waals surface area (Å²) in [6.45, 7) is 3.64. The molecule has 116 valence electrons. The van der Waals surface area contributed by atoms with Crippen molar-refractivity contribution in [1.29, 1.82) is 0 Å². The van der Waals surface area contributed by atoms with Crippen LogP contribution in [0, 0.1) is 0 Å². The van der Waals surface area contributed by atoms with Crippen molar-refractivity contribution in [1.82, 2.24) is 24.6 Å². The minimum absolute atomic E-state index is 0.148. The fraction of sp³-hybridized carbons (Fsp3) is 0.462. The molecule has 0 atom stereocenters. The molecule has 0 amide bonds. The van der Waals surface area contributed by atoms with E-state index in [1.165, 1.54) is 0 Å². The van der Waals surface area contributed by atoms with Gasteiger partial charge in [0.1, 0.15) is 5.82 Å². The summed E-state index contributed by atoms with van der Waals surface area (Å²) in [7, 11) is -1.69. The second kappa shape index (κ2) is 6.88. The third kappa shape index (κ3) is 3.93. The number of sulfonamides is 1. The molecule has 0 radical (unpaired) electrons. The summed E-state index contributed by atoms with van der Waals surface area (Å²) in [5.74, 6) is 0.585. The van der Waals surface area contributed by atoms with E-state index in [2.05, 4.69) is 26.9 Å². The summed E-state index contributed by atoms with van der Waals surface area (Å²) in [6.07, 6.45) is 5.88. The predicted molar refractivity (Wildman–Crippen MR) is 80.1 cm³/mol. The van der Waals surface area contributed by atoms with Crippen molar-refractivity contribution in [2.24, 2.45) is 0 Å². The molecule has 0 bridgehead atoms. The Morgan fingerprint density at radius 1 is 1.38 bits per heavy atom. The normalized spacial score (nSPS) is 11.9. The van der Waals surface area contributed by atoms with Crippen LogP contribution in [0.1, 0.15) is 24.9 Å². The molecule has 7 nitrogen and oxygen atoms in total. The van der Waals surface area contributed by atoms with Crippen molar-refractivity contribution in [2.45, 2.75) is 37.9 Å². The lowest BCUT2D eigenvalue weighted by molar-refractivity contribution is 0.578. The molecular weight excluding hydrogens is 290 g/mol. The van der Waals surface area contributed by atoms with Gasteiger partial charge < -0.3 is 14.9 Å². The van der Waals surface area contributed by atoms with Crippen LogP contribution in [0.15, 0.2) is 29.6 Å².